The van der Waals surface area contributed by atoms with Crippen molar-refractivity contribution in [1.82, 2.24) is 8.87 Å². The van der Waals surface area contributed by atoms with Crippen LogP contribution < -0.4 is 5.73 Å². The monoisotopic (exact) mass is 525 g/mol. The van der Waals surface area contributed by atoms with Gasteiger partial charge in [-0.15, -0.1) is 0 Å². The Bertz CT molecular complexity index is 1360. The van der Waals surface area contributed by atoms with Gasteiger partial charge in [-0.25, -0.2) is 17.2 Å². The van der Waals surface area contributed by atoms with Gasteiger partial charge < -0.3 is 15.7 Å². The van der Waals surface area contributed by atoms with Crippen LogP contribution in [0.5, 0.6) is 0 Å². The molecule has 3 aromatic rings. The van der Waals surface area contributed by atoms with Gasteiger partial charge in [0.05, 0.1) is 17.3 Å². The quantitative estimate of drug-likeness (QED) is 0.537. The van der Waals surface area contributed by atoms with E-state index in [1.54, 1.807) is 18.2 Å². The Labute approximate surface area is 206 Å². The minimum absolute atomic E-state index is 0.113. The van der Waals surface area contributed by atoms with Gasteiger partial charge in [0, 0.05) is 31.2 Å². The van der Waals surface area contributed by atoms with E-state index in [1.807, 2.05) is 23.1 Å². The summed E-state index contributed by atoms with van der Waals surface area (Å²) in [5, 5.41) is 7.79. The zero-order chi connectivity index (χ0) is 26.7. The first kappa shape index (κ1) is 27.2. The molecule has 0 radical (unpaired) electrons. The summed E-state index contributed by atoms with van der Waals surface area (Å²) in [5.74, 6) is -2.46. The summed E-state index contributed by atoms with van der Waals surface area (Å²) in [6, 6.07) is 15.5. The molecule has 36 heavy (non-hydrogen) atoms. The zero-order valence-corrected chi connectivity index (χ0v) is 20.2. The first-order valence-electron chi connectivity index (χ1n) is 11.0. The van der Waals surface area contributed by atoms with Gasteiger partial charge in [0.25, 0.3) is 5.91 Å². The number of carboxylic acids is 1. The summed E-state index contributed by atoms with van der Waals surface area (Å²) in [4.78, 5) is 23.9. The van der Waals surface area contributed by atoms with Gasteiger partial charge in [0.1, 0.15) is 0 Å². The van der Waals surface area contributed by atoms with Crippen LogP contribution in [0, 0.1) is 0 Å². The van der Waals surface area contributed by atoms with E-state index < -0.39 is 22.2 Å². The third kappa shape index (κ3) is 6.24. The molecule has 1 aliphatic rings. The maximum Gasteiger partial charge on any atom is 0.490 e. The summed E-state index contributed by atoms with van der Waals surface area (Å²) in [5.41, 5.74) is 9.12. The number of nitrogens with two attached hydrogens (primary N) is 1. The van der Waals surface area contributed by atoms with E-state index in [1.165, 1.54) is 15.7 Å². The molecule has 12 heteroatoms. The number of fused-ring (bicyclic) bond motifs is 1. The Balaban J connectivity index is 0.000000454. The lowest BCUT2D eigenvalue weighted by atomic mass is 9.88. The SMILES string of the molecule is CS(=O)(=O)n1cc(C(=O)N2CCC(c3cccc(CN)c3)CC2)c2ccccc21.O=C(O)C(F)(F)F. The molecule has 0 atom stereocenters. The molecule has 4 rings (SSSR count). The molecule has 0 bridgehead atoms. The maximum atomic E-state index is 13.2. The number of carboxylic acid groups (broad SMARTS) is 1. The van der Waals surface area contributed by atoms with E-state index in [9.17, 15) is 26.4 Å². The van der Waals surface area contributed by atoms with Crippen LogP contribution in [0.25, 0.3) is 10.9 Å². The summed E-state index contributed by atoms with van der Waals surface area (Å²) in [6.45, 7) is 1.82. The van der Waals surface area contributed by atoms with Crippen molar-refractivity contribution >= 4 is 32.8 Å². The second kappa shape index (κ2) is 10.7. The van der Waals surface area contributed by atoms with Gasteiger partial charge in [-0.2, -0.15) is 13.2 Å². The van der Waals surface area contributed by atoms with Crippen molar-refractivity contribution in [2.45, 2.75) is 31.5 Å². The molecule has 1 saturated heterocycles. The number of amides is 1. The highest BCUT2D eigenvalue weighted by Gasteiger charge is 2.38. The lowest BCUT2D eigenvalue weighted by Crippen LogP contribution is -2.37. The lowest BCUT2D eigenvalue weighted by Gasteiger charge is -2.32. The number of aromatic nitrogens is 1. The highest BCUT2D eigenvalue weighted by atomic mass is 32.2. The number of nitrogens with zero attached hydrogens (tertiary/aromatic N) is 2. The molecule has 3 N–H and O–H groups in total. The Hall–Kier alpha value is -3.38. The molecule has 1 aromatic heterocycles. The third-order valence-corrected chi connectivity index (χ3v) is 6.97. The highest BCUT2D eigenvalue weighted by Crippen LogP contribution is 2.31. The summed E-state index contributed by atoms with van der Waals surface area (Å²) < 4.78 is 57.2. The number of likely N-dealkylation sites (tertiary alicyclic amines) is 1. The van der Waals surface area contributed by atoms with Crippen molar-refractivity contribution in [3.63, 3.8) is 0 Å². The van der Waals surface area contributed by atoms with Gasteiger partial charge >= 0.3 is 12.1 Å². The fourth-order valence-electron chi connectivity index (χ4n) is 4.16. The minimum atomic E-state index is -5.08. The van der Waals surface area contributed by atoms with Crippen molar-refractivity contribution < 1.29 is 36.3 Å². The third-order valence-electron chi connectivity index (χ3n) is 5.95. The van der Waals surface area contributed by atoms with Crippen molar-refractivity contribution in [3.8, 4) is 0 Å². The largest absolute Gasteiger partial charge is 0.490 e. The van der Waals surface area contributed by atoms with E-state index in [0.29, 0.717) is 42.0 Å². The molecule has 1 amide bonds. The molecule has 0 saturated carbocycles. The second-order valence-electron chi connectivity index (χ2n) is 8.44. The summed E-state index contributed by atoms with van der Waals surface area (Å²) >= 11 is 0. The fourth-order valence-corrected chi connectivity index (χ4v) is 4.97. The van der Waals surface area contributed by atoms with Crippen molar-refractivity contribution in [3.05, 3.63) is 71.4 Å². The molecule has 0 spiro atoms. The van der Waals surface area contributed by atoms with E-state index >= 15 is 0 Å². The van der Waals surface area contributed by atoms with Crippen LogP contribution in [0.3, 0.4) is 0 Å². The number of carbonyl (C=O) groups is 2. The fraction of sp³-hybridized carbons (Fsp3) is 0.333. The second-order valence-corrected chi connectivity index (χ2v) is 10.3. The summed E-state index contributed by atoms with van der Waals surface area (Å²) in [7, 11) is -3.49. The molecule has 2 aromatic carbocycles. The lowest BCUT2D eigenvalue weighted by molar-refractivity contribution is -0.192. The molecule has 0 unspecified atom stereocenters. The number of benzene rings is 2. The number of carbonyl (C=O) groups excluding carboxylic acids is 1. The average molecular weight is 526 g/mol. The van der Waals surface area contributed by atoms with E-state index in [2.05, 4.69) is 12.1 Å². The molecule has 8 nitrogen and oxygen atoms in total. The topological polar surface area (TPSA) is 123 Å². The number of rotatable bonds is 4. The van der Waals surface area contributed by atoms with Crippen LogP contribution in [0.1, 0.15) is 40.2 Å². The van der Waals surface area contributed by atoms with Crippen LogP contribution in [-0.4, -0.2) is 59.8 Å². The Morgan fingerprint density at radius 2 is 1.69 bits per heavy atom. The van der Waals surface area contributed by atoms with Crippen LogP contribution in [0.15, 0.2) is 54.7 Å². The van der Waals surface area contributed by atoms with E-state index in [0.717, 1.165) is 24.7 Å². The summed E-state index contributed by atoms with van der Waals surface area (Å²) in [6.07, 6.45) is -0.719. The van der Waals surface area contributed by atoms with E-state index in [-0.39, 0.29) is 5.91 Å². The Morgan fingerprint density at radius 1 is 1.08 bits per heavy atom. The van der Waals surface area contributed by atoms with Crippen molar-refractivity contribution in [2.75, 3.05) is 19.3 Å². The van der Waals surface area contributed by atoms with Gasteiger partial charge in [-0.05, 0) is 36.0 Å². The Morgan fingerprint density at radius 3 is 2.25 bits per heavy atom. The minimum Gasteiger partial charge on any atom is -0.475 e. The maximum absolute atomic E-state index is 13.2. The van der Waals surface area contributed by atoms with Crippen molar-refractivity contribution in [2.24, 2.45) is 5.73 Å². The predicted octanol–water partition coefficient (Wildman–Crippen LogP) is 3.56. The van der Waals surface area contributed by atoms with Crippen LogP contribution in [-0.2, 0) is 21.4 Å². The normalized spacial score (nSPS) is 14.9. The van der Waals surface area contributed by atoms with Gasteiger partial charge in [0.15, 0.2) is 0 Å². The van der Waals surface area contributed by atoms with E-state index in [4.69, 9.17) is 15.6 Å². The standard InChI is InChI=1S/C22H25N3O3S.C2HF3O2/c1-29(27,28)25-15-20(19-7-2-3-8-21(19)25)22(26)24-11-9-17(10-12-24)18-6-4-5-16(13-18)14-23;3-2(4,5)1(6)7/h2-8,13,15,17H,9-12,14,23H2,1H3;(H,6,7). The molecular weight excluding hydrogens is 499 g/mol. The number of halogens is 3. The molecule has 194 valence electrons. The van der Waals surface area contributed by atoms with Gasteiger partial charge in [-0.3, -0.25) is 4.79 Å². The van der Waals surface area contributed by atoms with Crippen LogP contribution in [0.4, 0.5) is 13.2 Å². The number of para-hydroxylation sites is 1. The molecule has 2 heterocycles. The number of alkyl halides is 3. The molecular formula is C24H26F3N3O5S. The average Bonchev–Trinajstić information content (AvgIpc) is 3.24. The van der Waals surface area contributed by atoms with Crippen molar-refractivity contribution in [1.29, 1.82) is 0 Å². The highest BCUT2D eigenvalue weighted by molar-refractivity contribution is 7.89. The Kier molecular flexibility index (Phi) is 8.09. The molecule has 1 fully saturated rings. The number of hydrogen-bond donors (Lipinski definition) is 2. The number of hydrogen-bond acceptors (Lipinski definition) is 5. The first-order valence-corrected chi connectivity index (χ1v) is 12.9. The zero-order valence-electron chi connectivity index (χ0n) is 19.4. The first-order chi connectivity index (χ1) is 16.8. The number of piperidine rings is 1. The number of aliphatic carboxylic acids is 1. The molecule has 0 aliphatic carbocycles. The molecule has 1 aliphatic heterocycles. The van der Waals surface area contributed by atoms with Crippen LogP contribution >= 0.6 is 0 Å². The van der Waals surface area contributed by atoms with Gasteiger partial charge in [0.2, 0.25) is 10.0 Å². The predicted molar refractivity (Wildman–Crippen MR) is 128 cm³/mol. The smallest absolute Gasteiger partial charge is 0.475 e. The van der Waals surface area contributed by atoms with Crippen LogP contribution in [0.2, 0.25) is 0 Å². The van der Waals surface area contributed by atoms with Gasteiger partial charge in [-0.1, -0.05) is 42.5 Å².